The summed E-state index contributed by atoms with van der Waals surface area (Å²) in [7, 11) is 0. The normalized spacial score (nSPS) is 12.6. The quantitative estimate of drug-likeness (QED) is 0.577. The van der Waals surface area contributed by atoms with Gasteiger partial charge in [0, 0.05) is 10.6 Å². The molecule has 0 aromatic heterocycles. The summed E-state index contributed by atoms with van der Waals surface area (Å²) in [6.07, 6.45) is 0. The molecule has 0 aliphatic heterocycles. The predicted molar refractivity (Wildman–Crippen MR) is 114 cm³/mol. The van der Waals surface area contributed by atoms with E-state index in [0.717, 1.165) is 10.5 Å². The van der Waals surface area contributed by atoms with Gasteiger partial charge in [-0.3, -0.25) is 9.59 Å². The van der Waals surface area contributed by atoms with Gasteiger partial charge in [0.2, 0.25) is 11.8 Å². The van der Waals surface area contributed by atoms with Gasteiger partial charge < -0.3 is 10.6 Å². The van der Waals surface area contributed by atoms with E-state index in [-0.39, 0.29) is 11.8 Å². The van der Waals surface area contributed by atoms with Crippen molar-refractivity contribution in [1.82, 2.24) is 5.32 Å². The predicted octanol–water partition coefficient (Wildman–Crippen LogP) is 4.66. The standard InChI is InChI=1S/C23H22N2O2S/c1-17(22(26)25-19-13-7-3-8-14-19)24-23(27)21(18-11-5-2-6-12-18)28-20-15-9-4-10-16-20/h2-17,21H,1H3,(H,24,27)(H,25,26). The van der Waals surface area contributed by atoms with E-state index in [0.29, 0.717) is 5.69 Å². The Kier molecular flexibility index (Phi) is 6.87. The van der Waals surface area contributed by atoms with Crippen LogP contribution in [-0.4, -0.2) is 17.9 Å². The molecule has 2 unspecified atom stereocenters. The lowest BCUT2D eigenvalue weighted by molar-refractivity contribution is -0.125. The van der Waals surface area contributed by atoms with Crippen molar-refractivity contribution in [3.8, 4) is 0 Å². The average Bonchev–Trinajstić information content (AvgIpc) is 2.74. The van der Waals surface area contributed by atoms with Crippen LogP contribution in [0.3, 0.4) is 0 Å². The molecule has 4 nitrogen and oxygen atoms in total. The summed E-state index contributed by atoms with van der Waals surface area (Å²) in [5.74, 6) is -0.452. The molecule has 0 bridgehead atoms. The largest absolute Gasteiger partial charge is 0.343 e. The molecule has 0 aliphatic carbocycles. The molecule has 3 rings (SSSR count). The second kappa shape index (κ2) is 9.76. The van der Waals surface area contributed by atoms with E-state index in [1.807, 2.05) is 91.0 Å². The number of carbonyl (C=O) groups is 2. The van der Waals surface area contributed by atoms with Crippen LogP contribution in [0.5, 0.6) is 0 Å². The van der Waals surface area contributed by atoms with Gasteiger partial charge in [0.1, 0.15) is 11.3 Å². The molecular weight excluding hydrogens is 368 g/mol. The highest BCUT2D eigenvalue weighted by molar-refractivity contribution is 8.00. The maximum absolute atomic E-state index is 13.0. The van der Waals surface area contributed by atoms with Gasteiger partial charge in [-0.1, -0.05) is 66.7 Å². The number of nitrogens with one attached hydrogen (secondary N) is 2. The number of thioether (sulfide) groups is 1. The molecule has 2 amide bonds. The Morgan fingerprint density at radius 2 is 1.29 bits per heavy atom. The molecule has 0 saturated heterocycles. The Labute approximate surface area is 169 Å². The van der Waals surface area contributed by atoms with Gasteiger partial charge in [0.15, 0.2) is 0 Å². The number of para-hydroxylation sites is 1. The summed E-state index contributed by atoms with van der Waals surface area (Å²) in [6, 6.07) is 27.9. The molecule has 3 aromatic rings. The fourth-order valence-corrected chi connectivity index (χ4v) is 3.72. The average molecular weight is 391 g/mol. The van der Waals surface area contributed by atoms with Crippen molar-refractivity contribution in [3.63, 3.8) is 0 Å². The van der Waals surface area contributed by atoms with E-state index < -0.39 is 11.3 Å². The summed E-state index contributed by atoms with van der Waals surface area (Å²) in [6.45, 7) is 1.69. The van der Waals surface area contributed by atoms with Crippen LogP contribution in [0, 0.1) is 0 Å². The Hall–Kier alpha value is -3.05. The minimum atomic E-state index is -0.657. The fraction of sp³-hybridized carbons (Fsp3) is 0.130. The molecule has 3 aromatic carbocycles. The van der Waals surface area contributed by atoms with Crippen LogP contribution in [0.25, 0.3) is 0 Å². The Bertz CT molecular complexity index is 902. The summed E-state index contributed by atoms with van der Waals surface area (Å²) < 4.78 is 0. The van der Waals surface area contributed by atoms with Crippen LogP contribution in [0.2, 0.25) is 0 Å². The molecule has 28 heavy (non-hydrogen) atoms. The van der Waals surface area contributed by atoms with E-state index in [9.17, 15) is 9.59 Å². The van der Waals surface area contributed by atoms with Crippen LogP contribution in [0.1, 0.15) is 17.7 Å². The first-order valence-corrected chi connectivity index (χ1v) is 9.94. The zero-order valence-corrected chi connectivity index (χ0v) is 16.4. The maximum Gasteiger partial charge on any atom is 0.246 e. The lowest BCUT2D eigenvalue weighted by Gasteiger charge is -2.20. The molecule has 0 heterocycles. The third kappa shape index (κ3) is 5.47. The van der Waals surface area contributed by atoms with E-state index in [1.54, 1.807) is 6.92 Å². The smallest absolute Gasteiger partial charge is 0.246 e. The number of benzene rings is 3. The van der Waals surface area contributed by atoms with Gasteiger partial charge in [-0.2, -0.15) is 0 Å². The molecule has 0 spiro atoms. The Balaban J connectivity index is 1.71. The lowest BCUT2D eigenvalue weighted by atomic mass is 10.1. The fourth-order valence-electron chi connectivity index (χ4n) is 2.66. The second-order valence-corrected chi connectivity index (χ2v) is 7.49. The highest BCUT2D eigenvalue weighted by atomic mass is 32.2. The minimum absolute atomic E-state index is 0.198. The number of hydrogen-bond donors (Lipinski definition) is 2. The van der Waals surface area contributed by atoms with Gasteiger partial charge in [0.25, 0.3) is 0 Å². The van der Waals surface area contributed by atoms with Gasteiger partial charge in [-0.15, -0.1) is 11.8 Å². The molecule has 0 fully saturated rings. The highest BCUT2D eigenvalue weighted by Crippen LogP contribution is 2.35. The number of hydrogen-bond acceptors (Lipinski definition) is 3. The lowest BCUT2D eigenvalue weighted by Crippen LogP contribution is -2.43. The van der Waals surface area contributed by atoms with Crippen LogP contribution < -0.4 is 10.6 Å². The van der Waals surface area contributed by atoms with Crippen LogP contribution >= 0.6 is 11.8 Å². The molecule has 2 N–H and O–H groups in total. The van der Waals surface area contributed by atoms with Crippen molar-refractivity contribution in [3.05, 3.63) is 96.6 Å². The third-order valence-electron chi connectivity index (χ3n) is 4.13. The van der Waals surface area contributed by atoms with Gasteiger partial charge in [0.05, 0.1) is 0 Å². The zero-order chi connectivity index (χ0) is 19.8. The van der Waals surface area contributed by atoms with Gasteiger partial charge in [-0.05, 0) is 36.8 Å². The first-order valence-electron chi connectivity index (χ1n) is 9.06. The summed E-state index contributed by atoms with van der Waals surface area (Å²) >= 11 is 1.46. The number of anilines is 1. The molecule has 2 atom stereocenters. The summed E-state index contributed by atoms with van der Waals surface area (Å²) in [5.41, 5.74) is 1.59. The van der Waals surface area contributed by atoms with E-state index in [1.165, 1.54) is 11.8 Å². The first-order chi connectivity index (χ1) is 13.6. The molecule has 0 aliphatic rings. The maximum atomic E-state index is 13.0. The van der Waals surface area contributed by atoms with Crippen molar-refractivity contribution in [1.29, 1.82) is 0 Å². The Morgan fingerprint density at radius 1 is 0.750 bits per heavy atom. The molecular formula is C23H22N2O2S. The van der Waals surface area contributed by atoms with Crippen molar-refractivity contribution in [2.45, 2.75) is 23.1 Å². The third-order valence-corrected chi connectivity index (χ3v) is 5.40. The van der Waals surface area contributed by atoms with E-state index in [2.05, 4.69) is 10.6 Å². The summed E-state index contributed by atoms with van der Waals surface area (Å²) in [5, 5.41) is 5.21. The van der Waals surface area contributed by atoms with E-state index >= 15 is 0 Å². The highest BCUT2D eigenvalue weighted by Gasteiger charge is 2.25. The van der Waals surface area contributed by atoms with Crippen LogP contribution in [0.15, 0.2) is 95.9 Å². The van der Waals surface area contributed by atoms with Crippen molar-refractivity contribution in [2.24, 2.45) is 0 Å². The topological polar surface area (TPSA) is 58.2 Å². The van der Waals surface area contributed by atoms with Crippen molar-refractivity contribution < 1.29 is 9.59 Å². The van der Waals surface area contributed by atoms with Crippen LogP contribution in [0.4, 0.5) is 5.69 Å². The summed E-state index contributed by atoms with van der Waals surface area (Å²) in [4.78, 5) is 26.4. The Morgan fingerprint density at radius 3 is 1.89 bits per heavy atom. The molecule has 142 valence electrons. The number of carbonyl (C=O) groups excluding carboxylic acids is 2. The minimum Gasteiger partial charge on any atom is -0.343 e. The van der Waals surface area contributed by atoms with E-state index in [4.69, 9.17) is 0 Å². The second-order valence-electron chi connectivity index (χ2n) is 6.31. The molecule has 0 saturated carbocycles. The number of rotatable bonds is 7. The molecule has 5 heteroatoms. The SMILES string of the molecule is CC(NC(=O)C(Sc1ccccc1)c1ccccc1)C(=O)Nc1ccccc1. The van der Waals surface area contributed by atoms with Crippen molar-refractivity contribution >= 4 is 29.3 Å². The van der Waals surface area contributed by atoms with Gasteiger partial charge in [-0.25, -0.2) is 0 Å². The van der Waals surface area contributed by atoms with Crippen molar-refractivity contribution in [2.75, 3.05) is 5.32 Å². The van der Waals surface area contributed by atoms with Gasteiger partial charge >= 0.3 is 0 Å². The number of amides is 2. The first kappa shape index (κ1) is 19.7. The molecule has 0 radical (unpaired) electrons. The van der Waals surface area contributed by atoms with Crippen LogP contribution in [-0.2, 0) is 9.59 Å². The monoisotopic (exact) mass is 390 g/mol. The zero-order valence-electron chi connectivity index (χ0n) is 15.5.